The first-order chi connectivity index (χ1) is 14.3. The maximum atomic E-state index is 12.5. The van der Waals surface area contributed by atoms with Crippen molar-refractivity contribution in [3.8, 4) is 0 Å². The summed E-state index contributed by atoms with van der Waals surface area (Å²) >= 11 is 0. The Bertz CT molecular complexity index is 804. The van der Waals surface area contributed by atoms with E-state index < -0.39 is 10.0 Å². The van der Waals surface area contributed by atoms with Crippen molar-refractivity contribution in [2.24, 2.45) is 5.92 Å². The number of benzene rings is 1. The van der Waals surface area contributed by atoms with Crippen molar-refractivity contribution in [2.45, 2.75) is 57.8 Å². The normalized spacial score (nSPS) is 17.2. The fourth-order valence-corrected chi connectivity index (χ4v) is 5.23. The molecule has 0 aromatic heterocycles. The molecular weight excluding hydrogens is 402 g/mol. The minimum absolute atomic E-state index is 0.102. The zero-order valence-corrected chi connectivity index (χ0v) is 19.2. The molecule has 30 heavy (non-hydrogen) atoms. The van der Waals surface area contributed by atoms with Crippen LogP contribution in [0.25, 0.3) is 0 Å². The van der Waals surface area contributed by atoms with Crippen LogP contribution in [-0.4, -0.2) is 62.2 Å². The summed E-state index contributed by atoms with van der Waals surface area (Å²) in [6.45, 7) is 8.63. The van der Waals surface area contributed by atoms with Gasteiger partial charge in [-0.25, -0.2) is 8.42 Å². The maximum Gasteiger partial charge on any atom is 0.243 e. The molecule has 1 aromatic rings. The van der Waals surface area contributed by atoms with Crippen molar-refractivity contribution >= 4 is 21.8 Å². The van der Waals surface area contributed by atoms with Crippen LogP contribution in [-0.2, 0) is 26.0 Å². The summed E-state index contributed by atoms with van der Waals surface area (Å²) in [6.07, 6.45) is 3.37. The van der Waals surface area contributed by atoms with Crippen molar-refractivity contribution in [1.29, 1.82) is 0 Å². The van der Waals surface area contributed by atoms with E-state index >= 15 is 0 Å². The molecule has 0 spiro atoms. The van der Waals surface area contributed by atoms with E-state index in [2.05, 4.69) is 12.2 Å². The Labute approximate surface area is 180 Å². The largest absolute Gasteiger partial charge is 0.356 e. The highest BCUT2D eigenvalue weighted by Gasteiger charge is 2.22. The van der Waals surface area contributed by atoms with E-state index in [-0.39, 0.29) is 16.7 Å². The van der Waals surface area contributed by atoms with E-state index in [1.54, 1.807) is 24.3 Å². The number of carbonyl (C=O) groups is 2. The second-order valence-electron chi connectivity index (χ2n) is 7.92. The number of likely N-dealkylation sites (tertiary alicyclic amines) is 1. The summed E-state index contributed by atoms with van der Waals surface area (Å²) in [7, 11) is -3.46. The molecule has 0 aliphatic carbocycles. The first kappa shape index (κ1) is 24.3. The minimum Gasteiger partial charge on any atom is -0.356 e. The van der Waals surface area contributed by atoms with Crippen molar-refractivity contribution < 1.29 is 18.0 Å². The predicted molar refractivity (Wildman–Crippen MR) is 117 cm³/mol. The van der Waals surface area contributed by atoms with E-state index in [1.165, 1.54) is 10.7 Å². The molecule has 1 heterocycles. The summed E-state index contributed by atoms with van der Waals surface area (Å²) in [5, 5.41) is 2.81. The number of carbonyl (C=O) groups excluding carboxylic acids is 2. The van der Waals surface area contributed by atoms with Gasteiger partial charge in [0.05, 0.1) is 4.90 Å². The molecule has 0 bridgehead atoms. The molecular formula is C22H35N3O4S. The molecule has 8 heteroatoms. The molecule has 168 valence electrons. The Kier molecular flexibility index (Phi) is 9.30. The van der Waals surface area contributed by atoms with Gasteiger partial charge in [-0.2, -0.15) is 4.31 Å². The summed E-state index contributed by atoms with van der Waals surface area (Å²) in [6, 6.07) is 6.70. The second-order valence-corrected chi connectivity index (χ2v) is 9.86. The van der Waals surface area contributed by atoms with Gasteiger partial charge in [0.1, 0.15) is 0 Å². The van der Waals surface area contributed by atoms with Crippen LogP contribution in [0.5, 0.6) is 0 Å². The SMILES string of the molecule is CCN(CC)S(=O)(=O)c1ccc(CCC(=O)NCCC(=O)N2CCCC(C)C2)cc1. The molecule has 7 nitrogen and oxygen atoms in total. The van der Waals surface area contributed by atoms with Crippen LogP contribution in [0.1, 0.15) is 52.0 Å². The van der Waals surface area contributed by atoms with Crippen LogP contribution in [0.15, 0.2) is 29.2 Å². The van der Waals surface area contributed by atoms with Crippen LogP contribution < -0.4 is 5.32 Å². The predicted octanol–water partition coefficient (Wildman–Crippen LogP) is 2.41. The number of hydrogen-bond acceptors (Lipinski definition) is 4. The Morgan fingerprint density at radius 3 is 2.40 bits per heavy atom. The minimum atomic E-state index is -3.46. The topological polar surface area (TPSA) is 86.8 Å². The number of nitrogens with zero attached hydrogens (tertiary/aromatic N) is 2. The Morgan fingerprint density at radius 2 is 1.80 bits per heavy atom. The Morgan fingerprint density at radius 1 is 1.13 bits per heavy atom. The average Bonchev–Trinajstić information content (AvgIpc) is 2.73. The van der Waals surface area contributed by atoms with Crippen LogP contribution in [0.3, 0.4) is 0 Å². The fourth-order valence-electron chi connectivity index (χ4n) is 3.77. The number of hydrogen-bond donors (Lipinski definition) is 1. The molecule has 1 saturated heterocycles. The van der Waals surface area contributed by atoms with E-state index in [0.29, 0.717) is 44.8 Å². The molecule has 1 atom stereocenters. The number of piperidine rings is 1. The van der Waals surface area contributed by atoms with Crippen LogP contribution in [0.4, 0.5) is 0 Å². The third kappa shape index (κ3) is 6.80. The number of nitrogens with one attached hydrogen (secondary N) is 1. The van der Waals surface area contributed by atoms with Gasteiger partial charge in [-0.1, -0.05) is 32.9 Å². The molecule has 2 amide bonds. The lowest BCUT2D eigenvalue weighted by Crippen LogP contribution is -2.40. The highest BCUT2D eigenvalue weighted by Crippen LogP contribution is 2.17. The quantitative estimate of drug-likeness (QED) is 0.609. The molecule has 1 N–H and O–H groups in total. The van der Waals surface area contributed by atoms with Crippen molar-refractivity contribution in [3.63, 3.8) is 0 Å². The molecule has 0 radical (unpaired) electrons. The molecule has 1 aromatic carbocycles. The monoisotopic (exact) mass is 437 g/mol. The van der Waals surface area contributed by atoms with Crippen molar-refractivity contribution in [3.05, 3.63) is 29.8 Å². The lowest BCUT2D eigenvalue weighted by atomic mass is 10.00. The fraction of sp³-hybridized carbons (Fsp3) is 0.636. The van der Waals surface area contributed by atoms with Crippen LogP contribution >= 0.6 is 0 Å². The van der Waals surface area contributed by atoms with Crippen molar-refractivity contribution in [2.75, 3.05) is 32.7 Å². The summed E-state index contributed by atoms with van der Waals surface area (Å²) in [5.41, 5.74) is 0.905. The number of rotatable bonds is 10. The summed E-state index contributed by atoms with van der Waals surface area (Å²) in [5.74, 6) is 0.548. The van der Waals surface area contributed by atoms with E-state index in [4.69, 9.17) is 0 Å². The molecule has 2 rings (SSSR count). The van der Waals surface area contributed by atoms with Gasteiger partial charge in [-0.3, -0.25) is 9.59 Å². The zero-order valence-electron chi connectivity index (χ0n) is 18.4. The van der Waals surface area contributed by atoms with Gasteiger partial charge in [-0.15, -0.1) is 0 Å². The molecule has 1 fully saturated rings. The van der Waals surface area contributed by atoms with Crippen LogP contribution in [0, 0.1) is 5.92 Å². The van der Waals surface area contributed by atoms with Gasteiger partial charge in [0.25, 0.3) is 0 Å². The first-order valence-corrected chi connectivity index (χ1v) is 12.4. The van der Waals surface area contributed by atoms with Gasteiger partial charge >= 0.3 is 0 Å². The van der Waals surface area contributed by atoms with E-state index in [1.807, 2.05) is 18.7 Å². The molecule has 1 aliphatic rings. The zero-order chi connectivity index (χ0) is 22.1. The molecule has 1 unspecified atom stereocenters. The van der Waals surface area contributed by atoms with E-state index in [0.717, 1.165) is 25.1 Å². The highest BCUT2D eigenvalue weighted by molar-refractivity contribution is 7.89. The third-order valence-electron chi connectivity index (χ3n) is 5.58. The van der Waals surface area contributed by atoms with Crippen LogP contribution in [0.2, 0.25) is 0 Å². The van der Waals surface area contributed by atoms with Gasteiger partial charge in [0.2, 0.25) is 21.8 Å². The Balaban J connectivity index is 1.75. The Hall–Kier alpha value is -1.93. The maximum absolute atomic E-state index is 12.5. The highest BCUT2D eigenvalue weighted by atomic mass is 32.2. The number of sulfonamides is 1. The van der Waals surface area contributed by atoms with Gasteiger partial charge in [0, 0.05) is 45.6 Å². The average molecular weight is 438 g/mol. The smallest absolute Gasteiger partial charge is 0.243 e. The summed E-state index contributed by atoms with van der Waals surface area (Å²) in [4.78, 5) is 26.5. The summed E-state index contributed by atoms with van der Waals surface area (Å²) < 4.78 is 26.4. The molecule has 1 aliphatic heterocycles. The van der Waals surface area contributed by atoms with Crippen molar-refractivity contribution in [1.82, 2.24) is 14.5 Å². The van der Waals surface area contributed by atoms with Gasteiger partial charge < -0.3 is 10.2 Å². The van der Waals surface area contributed by atoms with Gasteiger partial charge in [-0.05, 0) is 42.9 Å². The van der Waals surface area contributed by atoms with Gasteiger partial charge in [0.15, 0.2) is 0 Å². The second kappa shape index (κ2) is 11.5. The van der Waals surface area contributed by atoms with E-state index in [9.17, 15) is 18.0 Å². The third-order valence-corrected chi connectivity index (χ3v) is 7.64. The lowest BCUT2D eigenvalue weighted by Gasteiger charge is -2.31. The first-order valence-electron chi connectivity index (χ1n) is 10.9. The molecule has 0 saturated carbocycles. The lowest BCUT2D eigenvalue weighted by molar-refractivity contribution is -0.132. The standard InChI is InChI=1S/C22H35N3O4S/c1-4-25(5-2)30(28,29)20-11-8-19(9-12-20)10-13-21(26)23-15-14-22(27)24-16-6-7-18(3)17-24/h8-9,11-12,18H,4-7,10,13-17H2,1-3H3,(H,23,26). The number of amides is 2. The number of aryl methyl sites for hydroxylation is 1.